The summed E-state index contributed by atoms with van der Waals surface area (Å²) < 4.78 is 4.58. The average molecular weight is 206 g/mol. The first-order valence-electron chi connectivity index (χ1n) is 4.22. The van der Waals surface area contributed by atoms with Crippen molar-refractivity contribution in [2.75, 3.05) is 0 Å². The third-order valence-electron chi connectivity index (χ3n) is 2.49. The van der Waals surface area contributed by atoms with Crippen molar-refractivity contribution in [2.24, 2.45) is 10.9 Å². The highest BCUT2D eigenvalue weighted by Gasteiger charge is 2.33. The summed E-state index contributed by atoms with van der Waals surface area (Å²) in [7, 11) is 0. The minimum atomic E-state index is -1.22. The largest absolute Gasteiger partial charge is 0.507 e. The molecular formula is C8H12ClNO3. The second kappa shape index (κ2) is 3.96. The maximum absolute atomic E-state index is 10.2. The van der Waals surface area contributed by atoms with Crippen molar-refractivity contribution in [1.29, 1.82) is 0 Å². The SMILES string of the molecule is Cl.O=C(O)OC1CC2CCCC2=N1. The molecule has 2 unspecified atom stereocenters. The quantitative estimate of drug-likeness (QED) is 0.667. The van der Waals surface area contributed by atoms with Gasteiger partial charge in [-0.3, -0.25) is 4.99 Å². The number of carbonyl (C=O) groups is 1. The Morgan fingerprint density at radius 1 is 1.62 bits per heavy atom. The minimum Gasteiger partial charge on any atom is -0.450 e. The molecule has 0 aromatic carbocycles. The molecule has 0 spiro atoms. The van der Waals surface area contributed by atoms with Crippen molar-refractivity contribution in [3.05, 3.63) is 0 Å². The summed E-state index contributed by atoms with van der Waals surface area (Å²) in [5, 5.41) is 8.35. The monoisotopic (exact) mass is 205 g/mol. The number of hydrogen-bond acceptors (Lipinski definition) is 3. The molecule has 0 bridgehead atoms. The van der Waals surface area contributed by atoms with E-state index in [0.717, 1.165) is 19.3 Å². The topological polar surface area (TPSA) is 58.9 Å². The van der Waals surface area contributed by atoms with Gasteiger partial charge in [0, 0.05) is 18.1 Å². The highest BCUT2D eigenvalue weighted by molar-refractivity contribution is 5.90. The molecule has 0 aromatic rings. The maximum Gasteiger partial charge on any atom is 0.507 e. The van der Waals surface area contributed by atoms with Gasteiger partial charge in [0.1, 0.15) is 0 Å². The highest BCUT2D eigenvalue weighted by atomic mass is 35.5. The van der Waals surface area contributed by atoms with Crippen LogP contribution in [0.2, 0.25) is 0 Å². The third-order valence-corrected chi connectivity index (χ3v) is 2.49. The molecular weight excluding hydrogens is 194 g/mol. The number of carboxylic acid groups (broad SMARTS) is 1. The normalized spacial score (nSPS) is 30.3. The van der Waals surface area contributed by atoms with Crippen LogP contribution >= 0.6 is 12.4 Å². The van der Waals surface area contributed by atoms with E-state index < -0.39 is 12.4 Å². The molecule has 5 heteroatoms. The van der Waals surface area contributed by atoms with Gasteiger partial charge in [0.25, 0.3) is 0 Å². The molecule has 1 heterocycles. The molecule has 2 rings (SSSR count). The van der Waals surface area contributed by atoms with E-state index in [1.807, 2.05) is 0 Å². The van der Waals surface area contributed by atoms with Crippen molar-refractivity contribution >= 4 is 24.3 Å². The summed E-state index contributed by atoms with van der Waals surface area (Å²) in [6.07, 6.45) is 2.51. The van der Waals surface area contributed by atoms with E-state index in [1.54, 1.807) is 0 Å². The lowest BCUT2D eigenvalue weighted by atomic mass is 10.1. The smallest absolute Gasteiger partial charge is 0.450 e. The number of aliphatic imine (C=N–C) groups is 1. The molecule has 0 aromatic heterocycles. The molecule has 1 N–H and O–H groups in total. The maximum atomic E-state index is 10.2. The molecule has 13 heavy (non-hydrogen) atoms. The van der Waals surface area contributed by atoms with Crippen LogP contribution in [0, 0.1) is 5.92 Å². The Balaban J connectivity index is 0.000000845. The number of nitrogens with zero attached hydrogens (tertiary/aromatic N) is 1. The summed E-state index contributed by atoms with van der Waals surface area (Å²) in [5.41, 5.74) is 1.17. The summed E-state index contributed by atoms with van der Waals surface area (Å²) >= 11 is 0. The molecule has 0 amide bonds. The first kappa shape index (κ1) is 10.3. The van der Waals surface area contributed by atoms with E-state index in [0.29, 0.717) is 5.92 Å². The van der Waals surface area contributed by atoms with Crippen LogP contribution in [0.5, 0.6) is 0 Å². The van der Waals surface area contributed by atoms with Gasteiger partial charge < -0.3 is 9.84 Å². The molecule has 4 nitrogen and oxygen atoms in total. The van der Waals surface area contributed by atoms with Gasteiger partial charge in [-0.05, 0) is 19.3 Å². The zero-order chi connectivity index (χ0) is 8.55. The molecule has 1 fully saturated rings. The van der Waals surface area contributed by atoms with E-state index in [2.05, 4.69) is 9.73 Å². The average Bonchev–Trinajstić information content (AvgIpc) is 2.43. The summed E-state index contributed by atoms with van der Waals surface area (Å²) in [6, 6.07) is 0. The standard InChI is InChI=1S/C8H11NO3.ClH/c10-8(11)12-7-4-5-2-1-3-6(5)9-7;/h5,7H,1-4H2,(H,10,11);1H. The number of fused-ring (bicyclic) bond motifs is 1. The lowest BCUT2D eigenvalue weighted by Crippen LogP contribution is -2.12. The Kier molecular flexibility index (Phi) is 3.14. The second-order valence-corrected chi connectivity index (χ2v) is 3.28. The van der Waals surface area contributed by atoms with E-state index in [4.69, 9.17) is 5.11 Å². The van der Waals surface area contributed by atoms with Crippen LogP contribution < -0.4 is 0 Å². The third kappa shape index (κ3) is 2.12. The van der Waals surface area contributed by atoms with Crippen molar-refractivity contribution in [2.45, 2.75) is 31.9 Å². The number of ether oxygens (including phenoxy) is 1. The van der Waals surface area contributed by atoms with Gasteiger partial charge in [-0.15, -0.1) is 12.4 Å². The van der Waals surface area contributed by atoms with Gasteiger partial charge in [0.2, 0.25) is 0 Å². The zero-order valence-electron chi connectivity index (χ0n) is 7.10. The Labute approximate surface area is 82.4 Å². The summed E-state index contributed by atoms with van der Waals surface area (Å²) in [4.78, 5) is 14.4. The van der Waals surface area contributed by atoms with Crippen molar-refractivity contribution < 1.29 is 14.6 Å². The van der Waals surface area contributed by atoms with Gasteiger partial charge in [0.05, 0.1) is 0 Å². The Hall–Kier alpha value is -0.770. The molecule has 1 aliphatic heterocycles. The number of halogens is 1. The second-order valence-electron chi connectivity index (χ2n) is 3.28. The summed E-state index contributed by atoms with van der Waals surface area (Å²) in [5.74, 6) is 0.509. The van der Waals surface area contributed by atoms with E-state index in [-0.39, 0.29) is 12.4 Å². The Bertz CT molecular complexity index is 242. The lowest BCUT2D eigenvalue weighted by molar-refractivity contribution is 0.0528. The molecule has 0 saturated heterocycles. The Morgan fingerprint density at radius 3 is 3.00 bits per heavy atom. The van der Waals surface area contributed by atoms with Gasteiger partial charge in [0.15, 0.2) is 6.23 Å². The van der Waals surface area contributed by atoms with Crippen LogP contribution in [0.1, 0.15) is 25.7 Å². The van der Waals surface area contributed by atoms with Gasteiger partial charge in [-0.1, -0.05) is 0 Å². The van der Waals surface area contributed by atoms with E-state index in [9.17, 15) is 4.79 Å². The predicted octanol–water partition coefficient (Wildman–Crippen LogP) is 2.07. The molecule has 2 atom stereocenters. The Morgan fingerprint density at radius 2 is 2.38 bits per heavy atom. The fraction of sp³-hybridized carbons (Fsp3) is 0.750. The molecule has 1 aliphatic carbocycles. The van der Waals surface area contributed by atoms with Crippen LogP contribution in [-0.4, -0.2) is 23.2 Å². The molecule has 0 radical (unpaired) electrons. The molecule has 1 saturated carbocycles. The first-order chi connectivity index (χ1) is 5.75. The van der Waals surface area contributed by atoms with Gasteiger partial charge in [-0.2, -0.15) is 0 Å². The number of hydrogen-bond donors (Lipinski definition) is 1. The first-order valence-corrected chi connectivity index (χ1v) is 4.22. The predicted molar refractivity (Wildman–Crippen MR) is 49.5 cm³/mol. The van der Waals surface area contributed by atoms with Crippen LogP contribution in [0.4, 0.5) is 4.79 Å². The van der Waals surface area contributed by atoms with Crippen LogP contribution in [0.25, 0.3) is 0 Å². The van der Waals surface area contributed by atoms with Crippen LogP contribution in [0.3, 0.4) is 0 Å². The van der Waals surface area contributed by atoms with Crippen LogP contribution in [-0.2, 0) is 4.74 Å². The molecule has 2 aliphatic rings. The lowest BCUT2D eigenvalue weighted by Gasteiger charge is -2.06. The fourth-order valence-electron chi connectivity index (χ4n) is 2.00. The zero-order valence-corrected chi connectivity index (χ0v) is 7.92. The minimum absolute atomic E-state index is 0. The molecule has 74 valence electrons. The van der Waals surface area contributed by atoms with E-state index in [1.165, 1.54) is 12.1 Å². The van der Waals surface area contributed by atoms with E-state index >= 15 is 0 Å². The van der Waals surface area contributed by atoms with Gasteiger partial charge in [-0.25, -0.2) is 4.79 Å². The van der Waals surface area contributed by atoms with Crippen molar-refractivity contribution in [3.8, 4) is 0 Å². The van der Waals surface area contributed by atoms with Crippen molar-refractivity contribution in [1.82, 2.24) is 0 Å². The highest BCUT2D eigenvalue weighted by Crippen LogP contribution is 2.33. The fourth-order valence-corrected chi connectivity index (χ4v) is 2.00. The number of rotatable bonds is 1. The summed E-state index contributed by atoms with van der Waals surface area (Å²) in [6.45, 7) is 0. The van der Waals surface area contributed by atoms with Gasteiger partial charge >= 0.3 is 6.16 Å². The van der Waals surface area contributed by atoms with Crippen LogP contribution in [0.15, 0.2) is 4.99 Å². The van der Waals surface area contributed by atoms with Crippen molar-refractivity contribution in [3.63, 3.8) is 0 Å².